The van der Waals surface area contributed by atoms with E-state index >= 15 is 0 Å². The number of esters is 1. The highest BCUT2D eigenvalue weighted by Crippen LogP contribution is 2.36. The van der Waals surface area contributed by atoms with Crippen LogP contribution < -0.4 is 19.7 Å². The molecule has 13 heteroatoms. The first kappa shape index (κ1) is 28.0. The van der Waals surface area contributed by atoms with Crippen LogP contribution in [0.5, 0.6) is 11.5 Å². The summed E-state index contributed by atoms with van der Waals surface area (Å²) in [6, 6.07) is 11.4. The molecule has 0 unspecified atom stereocenters. The molecule has 0 saturated carbocycles. The molecule has 1 saturated heterocycles. The molecule has 3 aromatic carbocycles. The maximum Gasteiger partial charge on any atom is 0.416 e. The van der Waals surface area contributed by atoms with Crippen molar-refractivity contribution in [3.8, 4) is 11.5 Å². The first-order valence-electron chi connectivity index (χ1n) is 10.8. The van der Waals surface area contributed by atoms with Crippen molar-refractivity contribution in [3.63, 3.8) is 0 Å². The fraction of sp³-hybridized carbons (Fsp3) is 0.0769. The summed E-state index contributed by atoms with van der Waals surface area (Å²) in [5.41, 5.74) is -1.82. The molecule has 4 rings (SSSR count). The largest absolute Gasteiger partial charge is 0.497 e. The van der Waals surface area contributed by atoms with Gasteiger partial charge < -0.3 is 9.47 Å². The third-order valence-corrected chi connectivity index (χ3v) is 6.44. The number of alkyl halides is 3. The smallest absolute Gasteiger partial charge is 0.416 e. The van der Waals surface area contributed by atoms with E-state index in [1.54, 1.807) is 18.2 Å². The van der Waals surface area contributed by atoms with Gasteiger partial charge in [-0.05, 0) is 76.6 Å². The van der Waals surface area contributed by atoms with Crippen LogP contribution in [0.2, 0.25) is 0 Å². The second kappa shape index (κ2) is 11.0. The van der Waals surface area contributed by atoms with Gasteiger partial charge in [0.05, 0.1) is 28.4 Å². The number of rotatable bonds is 5. The van der Waals surface area contributed by atoms with Crippen LogP contribution in [0.3, 0.4) is 0 Å². The van der Waals surface area contributed by atoms with Crippen molar-refractivity contribution < 1.29 is 41.8 Å². The van der Waals surface area contributed by atoms with Crippen LogP contribution in [0.1, 0.15) is 21.5 Å². The monoisotopic (exact) mass is 666 g/mol. The lowest BCUT2D eigenvalue weighted by Crippen LogP contribution is -2.54. The van der Waals surface area contributed by atoms with Gasteiger partial charge in [-0.25, -0.2) is 14.5 Å². The number of amides is 4. The Bertz CT molecular complexity index is 1540. The first-order valence-corrected chi connectivity index (χ1v) is 12.4. The molecule has 0 bridgehead atoms. The van der Waals surface area contributed by atoms with Gasteiger partial charge in [-0.1, -0.05) is 22.0 Å². The third-order valence-electron chi connectivity index (χ3n) is 5.39. The zero-order valence-corrected chi connectivity index (χ0v) is 22.8. The number of nitrogens with zero attached hydrogens (tertiary/aromatic N) is 1. The van der Waals surface area contributed by atoms with Gasteiger partial charge in [0.2, 0.25) is 0 Å². The van der Waals surface area contributed by atoms with E-state index in [2.05, 4.69) is 31.9 Å². The number of hydrogen-bond donors (Lipinski definition) is 1. The second-order valence-electron chi connectivity index (χ2n) is 7.93. The van der Waals surface area contributed by atoms with E-state index in [1.807, 2.05) is 5.32 Å². The van der Waals surface area contributed by atoms with Gasteiger partial charge in [0.25, 0.3) is 11.8 Å². The maximum absolute atomic E-state index is 13.2. The summed E-state index contributed by atoms with van der Waals surface area (Å²) in [5, 5.41) is 1.95. The van der Waals surface area contributed by atoms with Crippen molar-refractivity contribution in [2.75, 3.05) is 12.0 Å². The number of imide groups is 2. The summed E-state index contributed by atoms with van der Waals surface area (Å²) >= 11 is 6.57. The Balaban J connectivity index is 1.74. The number of nitrogens with one attached hydrogen (secondary N) is 1. The van der Waals surface area contributed by atoms with Gasteiger partial charge in [0.1, 0.15) is 11.3 Å². The van der Waals surface area contributed by atoms with Gasteiger partial charge in [0, 0.05) is 10.0 Å². The highest BCUT2D eigenvalue weighted by molar-refractivity contribution is 9.11. The summed E-state index contributed by atoms with van der Waals surface area (Å²) in [5.74, 6) is -2.57. The molecule has 8 nitrogen and oxygen atoms in total. The van der Waals surface area contributed by atoms with Gasteiger partial charge in [-0.2, -0.15) is 13.2 Å². The Morgan fingerprint density at radius 2 is 1.69 bits per heavy atom. The number of ether oxygens (including phenoxy) is 2. The summed E-state index contributed by atoms with van der Waals surface area (Å²) in [6.45, 7) is 0. The predicted molar refractivity (Wildman–Crippen MR) is 140 cm³/mol. The Morgan fingerprint density at radius 1 is 1.00 bits per heavy atom. The molecule has 1 fully saturated rings. The zero-order chi connectivity index (χ0) is 28.5. The van der Waals surface area contributed by atoms with Gasteiger partial charge in [-0.3, -0.25) is 14.9 Å². The van der Waals surface area contributed by atoms with Crippen LogP contribution in [-0.4, -0.2) is 30.9 Å². The SMILES string of the molecule is COc1ccc(C(=O)Oc2c(Br)cc(Br)cc2/C=C2/C(=O)NC(=O)N(c3cccc(C(F)(F)F)c3)C2=O)cc1. The van der Waals surface area contributed by atoms with Crippen molar-refractivity contribution in [2.45, 2.75) is 6.18 Å². The van der Waals surface area contributed by atoms with E-state index in [0.29, 0.717) is 21.2 Å². The number of carbonyl (C=O) groups is 4. The number of hydrogen-bond acceptors (Lipinski definition) is 6. The van der Waals surface area contributed by atoms with Crippen molar-refractivity contribution in [2.24, 2.45) is 0 Å². The molecule has 1 aliphatic rings. The molecular formula is C26H15Br2F3N2O6. The van der Waals surface area contributed by atoms with Gasteiger partial charge in [0.15, 0.2) is 5.75 Å². The van der Waals surface area contributed by atoms with Crippen LogP contribution in [0.4, 0.5) is 23.7 Å². The molecule has 0 radical (unpaired) electrons. The lowest BCUT2D eigenvalue weighted by atomic mass is 10.1. The van der Waals surface area contributed by atoms with Crippen molar-refractivity contribution in [3.05, 3.63) is 91.9 Å². The molecule has 0 aromatic heterocycles. The maximum atomic E-state index is 13.2. The van der Waals surface area contributed by atoms with E-state index in [4.69, 9.17) is 9.47 Å². The Hall–Kier alpha value is -3.97. The molecule has 3 aromatic rings. The minimum absolute atomic E-state index is 0.0605. The van der Waals surface area contributed by atoms with E-state index in [0.717, 1.165) is 24.3 Å². The molecule has 0 aliphatic carbocycles. The highest BCUT2D eigenvalue weighted by Gasteiger charge is 2.38. The number of benzene rings is 3. The lowest BCUT2D eigenvalue weighted by Gasteiger charge is -2.27. The average Bonchev–Trinajstić information content (AvgIpc) is 2.88. The van der Waals surface area contributed by atoms with Crippen molar-refractivity contribution in [1.29, 1.82) is 0 Å². The van der Waals surface area contributed by atoms with Gasteiger partial charge >= 0.3 is 18.2 Å². The number of anilines is 1. The second-order valence-corrected chi connectivity index (χ2v) is 9.70. The Kier molecular flexibility index (Phi) is 7.93. The van der Waals surface area contributed by atoms with Gasteiger partial charge in [-0.15, -0.1) is 0 Å². The molecule has 200 valence electrons. The van der Waals surface area contributed by atoms with Crippen molar-refractivity contribution in [1.82, 2.24) is 5.32 Å². The zero-order valence-electron chi connectivity index (χ0n) is 19.6. The summed E-state index contributed by atoms with van der Waals surface area (Å²) in [6.07, 6.45) is -3.66. The normalized spacial score (nSPS) is 14.9. The minimum atomic E-state index is -4.73. The highest BCUT2D eigenvalue weighted by atomic mass is 79.9. The molecule has 0 atom stereocenters. The third kappa shape index (κ3) is 6.04. The standard InChI is InChI=1S/C26H15Br2F3N2O6/c1-38-18-7-5-13(6-8-18)24(36)39-21-14(9-16(27)12-20(21)28)10-19-22(34)32-25(37)33(23(19)35)17-4-2-3-15(11-17)26(29,30)31/h2-12H,1H3,(H,32,34,37)/b19-10-. The van der Waals surface area contributed by atoms with Crippen LogP contribution >= 0.6 is 31.9 Å². The molecule has 1 N–H and O–H groups in total. The van der Waals surface area contributed by atoms with Crippen LogP contribution in [0, 0.1) is 0 Å². The summed E-state index contributed by atoms with van der Waals surface area (Å²) in [7, 11) is 1.47. The van der Waals surface area contributed by atoms with Crippen LogP contribution in [-0.2, 0) is 15.8 Å². The van der Waals surface area contributed by atoms with Crippen molar-refractivity contribution >= 4 is 67.4 Å². The minimum Gasteiger partial charge on any atom is -0.497 e. The van der Waals surface area contributed by atoms with Crippen LogP contribution in [0.15, 0.2) is 75.2 Å². The quantitative estimate of drug-likeness (QED) is 0.152. The molecule has 1 aliphatic heterocycles. The van der Waals surface area contributed by atoms with E-state index in [-0.39, 0.29) is 21.3 Å². The van der Waals surface area contributed by atoms with E-state index < -0.39 is 46.8 Å². The predicted octanol–water partition coefficient (Wildman–Crippen LogP) is 6.12. The summed E-state index contributed by atoms with van der Waals surface area (Å²) in [4.78, 5) is 51.6. The Labute approximate surface area is 235 Å². The average molecular weight is 668 g/mol. The van der Waals surface area contributed by atoms with E-state index in [9.17, 15) is 32.3 Å². The molecule has 0 spiro atoms. The summed E-state index contributed by atoms with van der Waals surface area (Å²) < 4.78 is 51.0. The number of carbonyl (C=O) groups excluding carboxylic acids is 4. The lowest BCUT2D eigenvalue weighted by molar-refractivity contribution is -0.137. The fourth-order valence-corrected chi connectivity index (χ4v) is 4.88. The molecular weight excluding hydrogens is 653 g/mol. The number of halogens is 5. The topological polar surface area (TPSA) is 102 Å². The molecule has 4 amide bonds. The number of barbiturate groups is 1. The first-order chi connectivity index (χ1) is 18.4. The molecule has 39 heavy (non-hydrogen) atoms. The number of urea groups is 1. The Morgan fingerprint density at radius 3 is 2.33 bits per heavy atom. The number of methoxy groups -OCH3 is 1. The van der Waals surface area contributed by atoms with E-state index in [1.165, 1.54) is 25.3 Å². The van der Waals surface area contributed by atoms with Crippen LogP contribution in [0.25, 0.3) is 6.08 Å². The molecule has 1 heterocycles. The fourth-order valence-electron chi connectivity index (χ4n) is 3.54.